The van der Waals surface area contributed by atoms with Gasteiger partial charge in [0.1, 0.15) is 5.69 Å². The Balaban J connectivity index is 1.85. The summed E-state index contributed by atoms with van der Waals surface area (Å²) >= 11 is 7.23. The Labute approximate surface area is 169 Å². The average Bonchev–Trinajstić information content (AvgIpc) is 3.17. The van der Waals surface area contributed by atoms with Gasteiger partial charge in [-0.2, -0.15) is 5.10 Å². The van der Waals surface area contributed by atoms with Crippen LogP contribution in [-0.4, -0.2) is 19.6 Å². The molecule has 0 amide bonds. The number of halogens is 1. The van der Waals surface area contributed by atoms with Gasteiger partial charge in [-0.25, -0.2) is 8.42 Å². The van der Waals surface area contributed by atoms with Crippen molar-refractivity contribution in [2.75, 3.05) is 10.1 Å². The topological polar surface area (TPSA) is 114 Å². The van der Waals surface area contributed by atoms with Gasteiger partial charge in [0.2, 0.25) is 0 Å². The van der Waals surface area contributed by atoms with Crippen molar-refractivity contribution in [3.8, 4) is 0 Å². The van der Waals surface area contributed by atoms with Gasteiger partial charge in [-0.05, 0) is 47.8 Å². The predicted molar refractivity (Wildman–Crippen MR) is 111 cm³/mol. The summed E-state index contributed by atoms with van der Waals surface area (Å²) in [6.07, 6.45) is 1.52. The molecule has 0 unspecified atom stereocenters. The molecule has 11 heteroatoms. The van der Waals surface area contributed by atoms with Gasteiger partial charge in [0, 0.05) is 21.7 Å². The highest BCUT2D eigenvalue weighted by Gasteiger charge is 2.21. The van der Waals surface area contributed by atoms with Gasteiger partial charge in [-0.15, -0.1) is 11.3 Å². The summed E-state index contributed by atoms with van der Waals surface area (Å²) in [6.45, 7) is 0. The number of hydrazone groups is 1. The summed E-state index contributed by atoms with van der Waals surface area (Å²) < 4.78 is 27.4. The van der Waals surface area contributed by atoms with E-state index in [4.69, 9.17) is 11.6 Å². The van der Waals surface area contributed by atoms with E-state index < -0.39 is 20.6 Å². The molecular weight excluding hydrogens is 424 g/mol. The van der Waals surface area contributed by atoms with Crippen molar-refractivity contribution >= 4 is 56.2 Å². The minimum atomic E-state index is -4.02. The third-order valence-corrected chi connectivity index (χ3v) is 5.93. The second kappa shape index (κ2) is 8.38. The number of nitrogens with one attached hydrogen (secondary N) is 2. The first kappa shape index (κ1) is 19.8. The molecular formula is C17H13ClN4O4S2. The Morgan fingerprint density at radius 1 is 1.14 bits per heavy atom. The Bertz CT molecular complexity index is 1110. The second-order valence-electron chi connectivity index (χ2n) is 5.43. The quantitative estimate of drug-likeness (QED) is 0.320. The summed E-state index contributed by atoms with van der Waals surface area (Å²) in [7, 11) is -4.02. The summed E-state index contributed by atoms with van der Waals surface area (Å²) in [6, 6.07) is 13.2. The number of anilines is 2. The lowest BCUT2D eigenvalue weighted by molar-refractivity contribution is -0.384. The zero-order chi connectivity index (χ0) is 20.1. The molecule has 0 aliphatic heterocycles. The Morgan fingerprint density at radius 2 is 1.89 bits per heavy atom. The zero-order valence-corrected chi connectivity index (χ0v) is 16.5. The maximum Gasteiger partial charge on any atom is 0.295 e. The van der Waals surface area contributed by atoms with Crippen LogP contribution in [0, 0.1) is 10.1 Å². The SMILES string of the molecule is O=[N+]([O-])c1cc(S(=O)(=O)Nc2ccc(Cl)cc2)ccc1NN=Cc1cccs1. The monoisotopic (exact) mass is 436 g/mol. The fourth-order valence-corrected chi connectivity index (χ4v) is 3.98. The molecule has 0 spiro atoms. The van der Waals surface area contributed by atoms with Gasteiger partial charge in [0.25, 0.3) is 15.7 Å². The number of benzene rings is 2. The van der Waals surface area contributed by atoms with E-state index >= 15 is 0 Å². The molecule has 0 atom stereocenters. The Kier molecular flexibility index (Phi) is 5.93. The van der Waals surface area contributed by atoms with Gasteiger partial charge < -0.3 is 0 Å². The number of hydrogen-bond acceptors (Lipinski definition) is 7. The van der Waals surface area contributed by atoms with E-state index in [1.807, 2.05) is 17.5 Å². The van der Waals surface area contributed by atoms with Crippen LogP contribution < -0.4 is 10.1 Å². The van der Waals surface area contributed by atoms with Crippen molar-refractivity contribution in [1.29, 1.82) is 0 Å². The van der Waals surface area contributed by atoms with E-state index in [-0.39, 0.29) is 16.3 Å². The molecule has 0 fully saturated rings. The second-order valence-corrected chi connectivity index (χ2v) is 8.53. The maximum atomic E-state index is 12.5. The van der Waals surface area contributed by atoms with Gasteiger partial charge in [0.15, 0.2) is 0 Å². The van der Waals surface area contributed by atoms with Crippen LogP contribution in [0.3, 0.4) is 0 Å². The third-order valence-electron chi connectivity index (χ3n) is 3.49. The van der Waals surface area contributed by atoms with Crippen molar-refractivity contribution in [2.45, 2.75) is 4.90 Å². The predicted octanol–water partition coefficient (Wildman–Crippen LogP) is 4.56. The molecule has 0 saturated carbocycles. The van der Waals surface area contributed by atoms with Crippen molar-refractivity contribution in [3.63, 3.8) is 0 Å². The van der Waals surface area contributed by atoms with Crippen LogP contribution in [0.25, 0.3) is 0 Å². The lowest BCUT2D eigenvalue weighted by Crippen LogP contribution is -2.13. The van der Waals surface area contributed by atoms with Gasteiger partial charge in [-0.1, -0.05) is 17.7 Å². The first-order valence-electron chi connectivity index (χ1n) is 7.74. The number of thiophene rings is 1. The van der Waals surface area contributed by atoms with E-state index in [0.29, 0.717) is 5.02 Å². The summed E-state index contributed by atoms with van der Waals surface area (Å²) in [4.78, 5) is 11.3. The molecule has 28 heavy (non-hydrogen) atoms. The van der Waals surface area contributed by atoms with E-state index in [0.717, 1.165) is 10.9 Å². The molecule has 0 radical (unpaired) electrons. The van der Waals surface area contributed by atoms with Crippen molar-refractivity contribution < 1.29 is 13.3 Å². The number of nitro groups is 1. The van der Waals surface area contributed by atoms with Crippen LogP contribution in [0.15, 0.2) is 70.0 Å². The van der Waals surface area contributed by atoms with E-state index in [1.54, 1.807) is 0 Å². The highest BCUT2D eigenvalue weighted by atomic mass is 35.5. The number of rotatable bonds is 7. The minimum Gasteiger partial charge on any atom is -0.280 e. The Hall–Kier alpha value is -2.95. The van der Waals surface area contributed by atoms with Gasteiger partial charge in [-0.3, -0.25) is 20.3 Å². The third kappa shape index (κ3) is 4.85. The molecule has 8 nitrogen and oxygen atoms in total. The number of nitrogens with zero attached hydrogens (tertiary/aromatic N) is 2. The van der Waals surface area contributed by atoms with Crippen molar-refractivity contribution in [1.82, 2.24) is 0 Å². The normalized spacial score (nSPS) is 11.5. The molecule has 2 N–H and O–H groups in total. The first-order chi connectivity index (χ1) is 13.3. The molecule has 0 aliphatic rings. The van der Waals surface area contributed by atoms with Crippen LogP contribution >= 0.6 is 22.9 Å². The lowest BCUT2D eigenvalue weighted by Gasteiger charge is -2.09. The molecule has 0 aliphatic carbocycles. The van der Waals surface area contributed by atoms with Crippen LogP contribution in [-0.2, 0) is 10.0 Å². The molecule has 3 rings (SSSR count). The van der Waals surface area contributed by atoms with Gasteiger partial charge >= 0.3 is 0 Å². The minimum absolute atomic E-state index is 0.0725. The van der Waals surface area contributed by atoms with E-state index in [2.05, 4.69) is 15.2 Å². The molecule has 2 aromatic carbocycles. The van der Waals surface area contributed by atoms with E-state index in [1.165, 1.54) is 53.9 Å². The highest BCUT2D eigenvalue weighted by Crippen LogP contribution is 2.28. The molecule has 144 valence electrons. The molecule has 1 aromatic heterocycles. The fourth-order valence-electron chi connectivity index (χ4n) is 2.19. The number of sulfonamides is 1. The zero-order valence-electron chi connectivity index (χ0n) is 14.1. The maximum absolute atomic E-state index is 12.5. The molecule has 0 saturated heterocycles. The van der Waals surface area contributed by atoms with Crippen LogP contribution in [0.5, 0.6) is 0 Å². The number of hydrogen-bond donors (Lipinski definition) is 2. The molecule has 3 aromatic rings. The van der Waals surface area contributed by atoms with Gasteiger partial charge in [0.05, 0.1) is 16.0 Å². The summed E-state index contributed by atoms with van der Waals surface area (Å²) in [5.41, 5.74) is 2.52. The van der Waals surface area contributed by atoms with Crippen LogP contribution in [0.2, 0.25) is 5.02 Å². The van der Waals surface area contributed by atoms with E-state index in [9.17, 15) is 18.5 Å². The summed E-state index contributed by atoms with van der Waals surface area (Å²) in [5.74, 6) is 0. The van der Waals surface area contributed by atoms with Crippen LogP contribution in [0.4, 0.5) is 17.1 Å². The number of nitro benzene ring substituents is 1. The first-order valence-corrected chi connectivity index (χ1v) is 10.5. The van der Waals surface area contributed by atoms with Crippen molar-refractivity contribution in [3.05, 3.63) is 80.0 Å². The fraction of sp³-hybridized carbons (Fsp3) is 0. The van der Waals surface area contributed by atoms with Crippen LogP contribution in [0.1, 0.15) is 4.88 Å². The smallest absolute Gasteiger partial charge is 0.280 e. The lowest BCUT2D eigenvalue weighted by atomic mass is 10.3. The highest BCUT2D eigenvalue weighted by molar-refractivity contribution is 7.92. The largest absolute Gasteiger partial charge is 0.295 e. The molecule has 1 heterocycles. The Morgan fingerprint density at radius 3 is 2.54 bits per heavy atom. The standard InChI is InChI=1S/C17H13ClN4O4S2/c18-12-3-5-13(6-4-12)21-28(25,26)15-7-8-16(17(10-15)22(23)24)20-19-11-14-2-1-9-27-14/h1-11,20-21H. The average molecular weight is 437 g/mol. The summed E-state index contributed by atoms with van der Waals surface area (Å²) in [5, 5.41) is 17.7. The van der Waals surface area contributed by atoms with Crippen molar-refractivity contribution in [2.24, 2.45) is 5.10 Å². The molecule has 0 bridgehead atoms.